The standard InChI is InChI=1S/C11H17NO2S2/c1-7(2)11-6-8-9(12-16(3,13)14)4-5-10(8)15-11/h6-7,9,12H,4-5H2,1-3H3. The Morgan fingerprint density at radius 2 is 2.19 bits per heavy atom. The van der Waals surface area contributed by atoms with Crippen LogP contribution in [-0.4, -0.2) is 14.7 Å². The molecule has 3 nitrogen and oxygen atoms in total. The first-order valence-electron chi connectivity index (χ1n) is 5.46. The second-order valence-corrected chi connectivity index (χ2v) is 7.61. The second-order valence-electron chi connectivity index (χ2n) is 4.66. The summed E-state index contributed by atoms with van der Waals surface area (Å²) in [6, 6.07) is 2.16. The SMILES string of the molecule is CC(C)c1cc2c(s1)CCC2NS(C)(=O)=O. The molecule has 0 saturated heterocycles. The van der Waals surface area contributed by atoms with Gasteiger partial charge in [0.25, 0.3) is 0 Å². The molecule has 1 aromatic heterocycles. The smallest absolute Gasteiger partial charge is 0.209 e. The molecule has 0 bridgehead atoms. The lowest BCUT2D eigenvalue weighted by molar-refractivity contribution is 0.560. The van der Waals surface area contributed by atoms with Crippen LogP contribution in [0.3, 0.4) is 0 Å². The predicted octanol–water partition coefficient (Wildman–Crippen LogP) is 2.41. The molecule has 1 aromatic rings. The molecule has 2 rings (SSSR count). The summed E-state index contributed by atoms with van der Waals surface area (Å²) in [5.74, 6) is 0.523. The van der Waals surface area contributed by atoms with Gasteiger partial charge in [0.2, 0.25) is 10.0 Å². The molecule has 5 heteroatoms. The highest BCUT2D eigenvalue weighted by Crippen LogP contribution is 2.39. The summed E-state index contributed by atoms with van der Waals surface area (Å²) in [6.45, 7) is 4.33. The van der Waals surface area contributed by atoms with Crippen LogP contribution in [0.5, 0.6) is 0 Å². The van der Waals surface area contributed by atoms with E-state index in [4.69, 9.17) is 0 Å². The average Bonchev–Trinajstić information content (AvgIpc) is 2.64. The number of sulfonamides is 1. The first-order chi connectivity index (χ1) is 7.37. The van der Waals surface area contributed by atoms with Gasteiger partial charge in [0.1, 0.15) is 0 Å². The van der Waals surface area contributed by atoms with Gasteiger partial charge < -0.3 is 0 Å². The van der Waals surface area contributed by atoms with Crippen LogP contribution >= 0.6 is 11.3 Å². The zero-order valence-electron chi connectivity index (χ0n) is 9.78. The number of aryl methyl sites for hydroxylation is 1. The van der Waals surface area contributed by atoms with Gasteiger partial charge in [-0.25, -0.2) is 13.1 Å². The lowest BCUT2D eigenvalue weighted by Gasteiger charge is -2.10. The van der Waals surface area contributed by atoms with E-state index in [1.807, 2.05) is 11.3 Å². The minimum atomic E-state index is -3.11. The number of hydrogen-bond acceptors (Lipinski definition) is 3. The van der Waals surface area contributed by atoms with E-state index in [-0.39, 0.29) is 6.04 Å². The van der Waals surface area contributed by atoms with Crippen LogP contribution in [0.1, 0.15) is 47.5 Å². The van der Waals surface area contributed by atoms with Crippen molar-refractivity contribution >= 4 is 21.4 Å². The van der Waals surface area contributed by atoms with Crippen molar-refractivity contribution in [3.63, 3.8) is 0 Å². The molecule has 16 heavy (non-hydrogen) atoms. The molecule has 1 unspecified atom stereocenters. The van der Waals surface area contributed by atoms with E-state index in [2.05, 4.69) is 24.6 Å². The van der Waals surface area contributed by atoms with Crippen molar-refractivity contribution < 1.29 is 8.42 Å². The molecule has 0 aliphatic heterocycles. The van der Waals surface area contributed by atoms with E-state index in [0.717, 1.165) is 12.8 Å². The van der Waals surface area contributed by atoms with Crippen molar-refractivity contribution in [2.45, 2.75) is 38.6 Å². The molecular formula is C11H17NO2S2. The molecule has 1 heterocycles. The Morgan fingerprint density at radius 1 is 1.50 bits per heavy atom. The van der Waals surface area contributed by atoms with E-state index in [1.165, 1.54) is 21.6 Å². The Kier molecular flexibility index (Phi) is 3.11. The minimum Gasteiger partial charge on any atom is -0.213 e. The van der Waals surface area contributed by atoms with Gasteiger partial charge in [0.15, 0.2) is 0 Å². The highest BCUT2D eigenvalue weighted by molar-refractivity contribution is 7.88. The summed E-state index contributed by atoms with van der Waals surface area (Å²) in [5, 5.41) is 0. The molecule has 0 spiro atoms. The van der Waals surface area contributed by atoms with Crippen molar-refractivity contribution in [3.8, 4) is 0 Å². The van der Waals surface area contributed by atoms with Gasteiger partial charge in [0, 0.05) is 15.8 Å². The normalized spacial score (nSPS) is 20.4. The summed E-state index contributed by atoms with van der Waals surface area (Å²) in [7, 11) is -3.11. The third kappa shape index (κ3) is 2.47. The van der Waals surface area contributed by atoms with Gasteiger partial charge in [-0.3, -0.25) is 0 Å². The van der Waals surface area contributed by atoms with Gasteiger partial charge in [-0.1, -0.05) is 13.8 Å². The van der Waals surface area contributed by atoms with Crippen LogP contribution in [0.2, 0.25) is 0 Å². The molecule has 1 atom stereocenters. The molecule has 0 saturated carbocycles. The molecule has 1 N–H and O–H groups in total. The van der Waals surface area contributed by atoms with Crippen LogP contribution in [0, 0.1) is 0 Å². The lowest BCUT2D eigenvalue weighted by atomic mass is 10.1. The van der Waals surface area contributed by atoms with Gasteiger partial charge in [-0.2, -0.15) is 0 Å². The largest absolute Gasteiger partial charge is 0.213 e. The van der Waals surface area contributed by atoms with Crippen LogP contribution in [0.15, 0.2) is 6.07 Å². The van der Waals surface area contributed by atoms with Crippen molar-refractivity contribution in [2.24, 2.45) is 0 Å². The van der Waals surface area contributed by atoms with Gasteiger partial charge in [0.05, 0.1) is 6.26 Å². The van der Waals surface area contributed by atoms with E-state index in [1.54, 1.807) is 0 Å². The molecule has 0 amide bonds. The molecular weight excluding hydrogens is 242 g/mol. The highest BCUT2D eigenvalue weighted by atomic mass is 32.2. The fourth-order valence-corrected chi connectivity index (χ4v) is 4.06. The number of fused-ring (bicyclic) bond motifs is 1. The van der Waals surface area contributed by atoms with Gasteiger partial charge in [-0.15, -0.1) is 11.3 Å². The van der Waals surface area contributed by atoms with Gasteiger partial charge in [-0.05, 0) is 30.4 Å². The topological polar surface area (TPSA) is 46.2 Å². The lowest BCUT2D eigenvalue weighted by Crippen LogP contribution is -2.25. The maximum atomic E-state index is 11.2. The Bertz CT molecular complexity index is 488. The molecule has 0 aromatic carbocycles. The van der Waals surface area contributed by atoms with Crippen LogP contribution in [0.4, 0.5) is 0 Å². The maximum absolute atomic E-state index is 11.2. The number of hydrogen-bond donors (Lipinski definition) is 1. The summed E-state index contributed by atoms with van der Waals surface area (Å²) < 4.78 is 25.2. The number of thiophene rings is 1. The summed E-state index contributed by atoms with van der Waals surface area (Å²) in [5.41, 5.74) is 1.19. The highest BCUT2D eigenvalue weighted by Gasteiger charge is 2.27. The summed E-state index contributed by atoms with van der Waals surface area (Å²) in [6.07, 6.45) is 3.12. The maximum Gasteiger partial charge on any atom is 0.209 e. The van der Waals surface area contributed by atoms with Crippen molar-refractivity contribution in [2.75, 3.05) is 6.26 Å². The second kappa shape index (κ2) is 4.13. The number of rotatable bonds is 3. The van der Waals surface area contributed by atoms with Crippen molar-refractivity contribution in [1.29, 1.82) is 0 Å². The van der Waals surface area contributed by atoms with Gasteiger partial charge >= 0.3 is 0 Å². The zero-order valence-corrected chi connectivity index (χ0v) is 11.4. The number of nitrogens with one attached hydrogen (secondary N) is 1. The fraction of sp³-hybridized carbons (Fsp3) is 0.636. The predicted molar refractivity (Wildman–Crippen MR) is 67.4 cm³/mol. The molecule has 0 radical (unpaired) electrons. The average molecular weight is 259 g/mol. The van der Waals surface area contributed by atoms with Crippen LogP contribution in [-0.2, 0) is 16.4 Å². The van der Waals surface area contributed by atoms with Crippen LogP contribution in [0.25, 0.3) is 0 Å². The Morgan fingerprint density at radius 3 is 2.75 bits per heavy atom. The first-order valence-corrected chi connectivity index (χ1v) is 8.17. The van der Waals surface area contributed by atoms with Crippen molar-refractivity contribution in [1.82, 2.24) is 4.72 Å². The summed E-state index contributed by atoms with van der Waals surface area (Å²) in [4.78, 5) is 2.70. The summed E-state index contributed by atoms with van der Waals surface area (Å²) >= 11 is 1.83. The Hall–Kier alpha value is -0.390. The first kappa shape index (κ1) is 12.1. The minimum absolute atomic E-state index is 0.00579. The Labute approximate surface area is 101 Å². The Balaban J connectivity index is 2.25. The molecule has 1 aliphatic carbocycles. The van der Waals surface area contributed by atoms with E-state index in [9.17, 15) is 8.42 Å². The van der Waals surface area contributed by atoms with E-state index in [0.29, 0.717) is 5.92 Å². The monoisotopic (exact) mass is 259 g/mol. The zero-order chi connectivity index (χ0) is 11.9. The van der Waals surface area contributed by atoms with E-state index >= 15 is 0 Å². The third-order valence-electron chi connectivity index (χ3n) is 2.82. The molecule has 1 aliphatic rings. The molecule has 0 fully saturated rings. The third-order valence-corrected chi connectivity index (χ3v) is 5.05. The molecule has 90 valence electrons. The fourth-order valence-electron chi connectivity index (χ4n) is 2.05. The van der Waals surface area contributed by atoms with Crippen molar-refractivity contribution in [3.05, 3.63) is 21.4 Å². The quantitative estimate of drug-likeness (QED) is 0.906. The van der Waals surface area contributed by atoms with Crippen LogP contribution < -0.4 is 4.72 Å². The van der Waals surface area contributed by atoms with E-state index < -0.39 is 10.0 Å².